The van der Waals surface area contributed by atoms with Gasteiger partial charge >= 0.3 is 0 Å². The molecule has 2 aliphatic carbocycles. The normalized spacial score (nSPS) is 15.7. The first-order valence-corrected chi connectivity index (χ1v) is 13.1. The summed E-state index contributed by atoms with van der Waals surface area (Å²) in [6.07, 6.45) is 0. The smallest absolute Gasteiger partial charge is 0.248 e. The van der Waals surface area contributed by atoms with E-state index in [2.05, 4.69) is 98.6 Å². The van der Waals surface area contributed by atoms with Crippen molar-refractivity contribution in [2.75, 3.05) is 0 Å². The zero-order valence-electron chi connectivity index (χ0n) is 21.0. The third-order valence-electron chi connectivity index (χ3n) is 8.19. The van der Waals surface area contributed by atoms with Crippen molar-refractivity contribution >= 4 is 23.2 Å². The van der Waals surface area contributed by atoms with Crippen molar-refractivity contribution in [2.24, 2.45) is 0 Å². The minimum atomic E-state index is -0.169. The number of rotatable bonds is 2. The van der Waals surface area contributed by atoms with Crippen molar-refractivity contribution in [1.82, 2.24) is 10.2 Å². The molecule has 0 saturated heterocycles. The number of hydrogen-bond acceptors (Lipinski definition) is 3. The molecular formula is C32H24Cl2N2O. The van der Waals surface area contributed by atoms with E-state index in [-0.39, 0.29) is 10.8 Å². The number of hydrogen-bond donors (Lipinski definition) is 0. The van der Waals surface area contributed by atoms with Crippen molar-refractivity contribution in [2.45, 2.75) is 38.5 Å². The Hall–Kier alpha value is -3.40. The second kappa shape index (κ2) is 7.56. The maximum absolute atomic E-state index is 6.33. The van der Waals surface area contributed by atoms with E-state index in [4.69, 9.17) is 27.6 Å². The van der Waals surface area contributed by atoms with Gasteiger partial charge in [-0.2, -0.15) is 0 Å². The van der Waals surface area contributed by atoms with Crippen LogP contribution in [0.5, 0.6) is 0 Å². The molecule has 182 valence electrons. The molecule has 7 rings (SSSR count). The Morgan fingerprint density at radius 3 is 1.27 bits per heavy atom. The predicted molar refractivity (Wildman–Crippen MR) is 150 cm³/mol. The van der Waals surface area contributed by atoms with Crippen LogP contribution in [0.15, 0.2) is 77.2 Å². The molecule has 3 nitrogen and oxygen atoms in total. The van der Waals surface area contributed by atoms with Gasteiger partial charge in [-0.25, -0.2) is 0 Å². The fraction of sp³-hybridized carbons (Fsp3) is 0.188. The van der Waals surface area contributed by atoms with Crippen molar-refractivity contribution in [1.29, 1.82) is 0 Å². The Balaban J connectivity index is 1.27. The summed E-state index contributed by atoms with van der Waals surface area (Å²) >= 11 is 12.7. The number of aromatic nitrogens is 2. The van der Waals surface area contributed by atoms with E-state index in [1.165, 1.54) is 44.5 Å². The van der Waals surface area contributed by atoms with Gasteiger partial charge in [0.15, 0.2) is 0 Å². The Morgan fingerprint density at radius 2 is 0.865 bits per heavy atom. The summed E-state index contributed by atoms with van der Waals surface area (Å²) in [6.45, 7) is 8.92. The van der Waals surface area contributed by atoms with E-state index in [1.807, 2.05) is 12.1 Å². The second-order valence-electron chi connectivity index (χ2n) is 11.1. The maximum atomic E-state index is 6.33. The lowest BCUT2D eigenvalue weighted by Crippen LogP contribution is -2.15. The van der Waals surface area contributed by atoms with Crippen LogP contribution in [0.3, 0.4) is 0 Å². The summed E-state index contributed by atoms with van der Waals surface area (Å²) in [6, 6.07) is 25.0. The predicted octanol–water partition coefficient (Wildman–Crippen LogP) is 9.32. The number of nitrogens with zero attached hydrogens (tertiary/aromatic N) is 2. The minimum absolute atomic E-state index is 0.169. The first-order valence-electron chi connectivity index (χ1n) is 12.4. The molecule has 0 fully saturated rings. The average molecular weight is 523 g/mol. The number of benzene rings is 4. The molecule has 5 heteroatoms. The lowest BCUT2D eigenvalue weighted by Gasteiger charge is -2.22. The van der Waals surface area contributed by atoms with Crippen molar-refractivity contribution in [3.05, 3.63) is 105 Å². The highest BCUT2D eigenvalue weighted by atomic mass is 35.5. The molecule has 0 unspecified atom stereocenters. The van der Waals surface area contributed by atoms with Crippen LogP contribution in [-0.2, 0) is 10.8 Å². The Labute approximate surface area is 226 Å². The first-order chi connectivity index (χ1) is 17.6. The molecule has 4 aromatic carbocycles. The summed E-state index contributed by atoms with van der Waals surface area (Å²) in [5.74, 6) is 1.02. The van der Waals surface area contributed by atoms with Crippen molar-refractivity contribution in [3.63, 3.8) is 0 Å². The van der Waals surface area contributed by atoms with Crippen LogP contribution in [0.2, 0.25) is 10.0 Å². The van der Waals surface area contributed by atoms with Gasteiger partial charge in [0.1, 0.15) is 0 Å². The Kier molecular flexibility index (Phi) is 4.66. The van der Waals surface area contributed by atoms with Crippen LogP contribution in [-0.4, -0.2) is 10.2 Å². The highest BCUT2D eigenvalue weighted by Gasteiger charge is 2.37. The zero-order chi connectivity index (χ0) is 25.7. The Bertz CT molecular complexity index is 1640. The molecule has 0 spiro atoms. The summed E-state index contributed by atoms with van der Waals surface area (Å²) < 4.78 is 6.24. The van der Waals surface area contributed by atoms with Gasteiger partial charge in [-0.3, -0.25) is 0 Å². The highest BCUT2D eigenvalue weighted by molar-refractivity contribution is 6.31. The molecule has 2 aliphatic rings. The van der Waals surface area contributed by atoms with E-state index < -0.39 is 0 Å². The fourth-order valence-electron chi connectivity index (χ4n) is 6.14. The average Bonchev–Trinajstić information content (AvgIpc) is 3.51. The summed E-state index contributed by atoms with van der Waals surface area (Å²) in [4.78, 5) is 0. The van der Waals surface area contributed by atoms with Gasteiger partial charge in [-0.15, -0.1) is 10.2 Å². The van der Waals surface area contributed by atoms with Crippen LogP contribution in [0.25, 0.3) is 45.2 Å². The molecule has 0 bridgehead atoms. The van der Waals surface area contributed by atoms with Crippen molar-refractivity contribution < 1.29 is 4.42 Å². The molecule has 0 saturated carbocycles. The summed E-state index contributed by atoms with van der Waals surface area (Å²) in [7, 11) is 0. The van der Waals surface area contributed by atoms with Gasteiger partial charge in [-0.05, 0) is 93.0 Å². The highest BCUT2D eigenvalue weighted by Crippen LogP contribution is 2.51. The van der Waals surface area contributed by atoms with E-state index in [0.717, 1.165) is 21.2 Å². The third-order valence-corrected chi connectivity index (χ3v) is 8.67. The van der Waals surface area contributed by atoms with E-state index in [0.29, 0.717) is 11.8 Å². The van der Waals surface area contributed by atoms with Gasteiger partial charge in [-0.1, -0.05) is 75.2 Å². The van der Waals surface area contributed by atoms with Gasteiger partial charge in [0.2, 0.25) is 11.8 Å². The third kappa shape index (κ3) is 3.20. The van der Waals surface area contributed by atoms with Crippen LogP contribution in [0, 0.1) is 0 Å². The quantitative estimate of drug-likeness (QED) is 0.231. The van der Waals surface area contributed by atoms with Gasteiger partial charge in [0.25, 0.3) is 0 Å². The van der Waals surface area contributed by atoms with Crippen LogP contribution in [0.1, 0.15) is 49.9 Å². The van der Waals surface area contributed by atoms with E-state index in [9.17, 15) is 0 Å². The SMILES string of the molecule is CC1(C)c2cc(Cl)ccc2-c2ccc(-c3nnc(-c4ccc5c(c4)C(C)(C)c4cc(Cl)ccc4-5)o3)cc21. The molecule has 0 radical (unpaired) electrons. The summed E-state index contributed by atoms with van der Waals surface area (Å²) in [5, 5.41) is 10.4. The van der Waals surface area contributed by atoms with Crippen LogP contribution in [0.4, 0.5) is 0 Å². The van der Waals surface area contributed by atoms with Crippen LogP contribution >= 0.6 is 23.2 Å². The van der Waals surface area contributed by atoms with Crippen LogP contribution < -0.4 is 0 Å². The number of halogens is 2. The molecule has 0 amide bonds. The minimum Gasteiger partial charge on any atom is -0.416 e. The van der Waals surface area contributed by atoms with Gasteiger partial charge in [0, 0.05) is 32.0 Å². The largest absolute Gasteiger partial charge is 0.416 e. The van der Waals surface area contributed by atoms with Crippen molar-refractivity contribution in [3.8, 4) is 45.2 Å². The lowest BCUT2D eigenvalue weighted by atomic mass is 9.82. The van der Waals surface area contributed by atoms with Gasteiger partial charge in [0.05, 0.1) is 0 Å². The first kappa shape index (κ1) is 22.8. The topological polar surface area (TPSA) is 38.9 Å². The second-order valence-corrected chi connectivity index (χ2v) is 11.9. The Morgan fingerprint density at radius 1 is 0.514 bits per heavy atom. The van der Waals surface area contributed by atoms with E-state index in [1.54, 1.807) is 0 Å². The molecule has 0 N–H and O–H groups in total. The monoisotopic (exact) mass is 522 g/mol. The molecular weight excluding hydrogens is 499 g/mol. The van der Waals surface area contributed by atoms with E-state index >= 15 is 0 Å². The summed E-state index contributed by atoms with van der Waals surface area (Å²) in [5.41, 5.74) is 11.3. The number of fused-ring (bicyclic) bond motifs is 6. The molecule has 0 aliphatic heterocycles. The molecule has 1 heterocycles. The molecule has 37 heavy (non-hydrogen) atoms. The fourth-order valence-corrected chi connectivity index (χ4v) is 6.49. The lowest BCUT2D eigenvalue weighted by molar-refractivity contribution is 0.583. The molecule has 1 aromatic heterocycles. The molecule has 5 aromatic rings. The van der Waals surface area contributed by atoms with Gasteiger partial charge < -0.3 is 4.42 Å². The standard InChI is InChI=1S/C32H24Cl2N2O/c1-31(2)25-13-17(5-9-21(25)23-11-7-19(33)15-27(23)31)29-35-36-30(37-29)18-6-10-22-24-12-8-20(34)16-28(24)32(3,4)26(22)14-18/h5-16H,1-4H3. The molecule has 0 atom stereocenters. The maximum Gasteiger partial charge on any atom is 0.248 e. The zero-order valence-corrected chi connectivity index (χ0v) is 22.5.